The van der Waals surface area contributed by atoms with Crippen LogP contribution in [-0.2, 0) is 4.79 Å². The van der Waals surface area contributed by atoms with Crippen LogP contribution in [-0.4, -0.2) is 44.0 Å². The number of carbonyl (C=O) groups is 1. The molecule has 0 saturated heterocycles. The fourth-order valence-electron chi connectivity index (χ4n) is 4.45. The number of rotatable bonds is 1. The van der Waals surface area contributed by atoms with Gasteiger partial charge in [-0.2, -0.15) is 0 Å². The van der Waals surface area contributed by atoms with Gasteiger partial charge in [-0.15, -0.1) is 0 Å². The van der Waals surface area contributed by atoms with Crippen LogP contribution >= 0.6 is 0 Å². The summed E-state index contributed by atoms with van der Waals surface area (Å²) in [5, 5.41) is 0. The smallest absolute Gasteiger partial charge is 0.242 e. The zero-order valence-electron chi connectivity index (χ0n) is 13.0. The van der Waals surface area contributed by atoms with E-state index < -0.39 is 0 Å². The topological polar surface area (TPSA) is 61.6 Å². The molecule has 0 fully saturated rings. The predicted molar refractivity (Wildman–Crippen MR) is 87.3 cm³/mol. The fourth-order valence-corrected chi connectivity index (χ4v) is 4.45. The van der Waals surface area contributed by atoms with Crippen molar-refractivity contribution in [3.05, 3.63) is 35.4 Å². The Bertz CT molecular complexity index is 669. The summed E-state index contributed by atoms with van der Waals surface area (Å²) in [7, 11) is 4.28. The Morgan fingerprint density at radius 2 is 2.14 bits per heavy atom. The molecule has 0 saturated carbocycles. The Morgan fingerprint density at radius 1 is 1.32 bits per heavy atom. The van der Waals surface area contributed by atoms with Crippen LogP contribution in [0.2, 0.25) is 0 Å². The van der Waals surface area contributed by atoms with E-state index in [0.29, 0.717) is 12.0 Å². The van der Waals surface area contributed by atoms with E-state index in [0.717, 1.165) is 19.5 Å². The molecular formula is C17H22N4O. The lowest BCUT2D eigenvalue weighted by molar-refractivity contribution is -0.124. The standard InChI is InChI=1S/C17H22N4O/c1-20-8-10-7-15-13(12-4-3-5-14(20)16(10)12)6-11(9-21(15)2)17(22)19-18/h3-6,10-11,15H,7-9,18H2,1-2H3,(H,19,22)/t10?,11-,15-/m1/s1. The number of nitrogens with two attached hydrogens (primary N) is 1. The molecule has 5 heteroatoms. The first-order valence-corrected chi connectivity index (χ1v) is 7.87. The number of fused-ring (bicyclic) bond motifs is 2. The molecule has 3 aliphatic rings. The highest BCUT2D eigenvalue weighted by atomic mass is 16.2. The van der Waals surface area contributed by atoms with E-state index in [-0.39, 0.29) is 11.8 Å². The maximum absolute atomic E-state index is 12.0. The van der Waals surface area contributed by atoms with Crippen molar-refractivity contribution >= 4 is 17.2 Å². The average Bonchev–Trinajstić information content (AvgIpc) is 2.85. The maximum Gasteiger partial charge on any atom is 0.242 e. The second-order valence-corrected chi connectivity index (χ2v) is 6.74. The number of hydrazine groups is 1. The molecule has 22 heavy (non-hydrogen) atoms. The minimum atomic E-state index is -0.173. The summed E-state index contributed by atoms with van der Waals surface area (Å²) in [4.78, 5) is 16.6. The molecular weight excluding hydrogens is 276 g/mol. The minimum Gasteiger partial charge on any atom is -0.374 e. The maximum atomic E-state index is 12.0. The first-order chi connectivity index (χ1) is 10.6. The summed E-state index contributed by atoms with van der Waals surface area (Å²) >= 11 is 0. The van der Waals surface area contributed by atoms with Gasteiger partial charge >= 0.3 is 0 Å². The van der Waals surface area contributed by atoms with Crippen LogP contribution in [0.1, 0.15) is 23.5 Å². The van der Waals surface area contributed by atoms with Crippen molar-refractivity contribution in [1.29, 1.82) is 0 Å². The van der Waals surface area contributed by atoms with Crippen LogP contribution in [0.3, 0.4) is 0 Å². The molecule has 0 radical (unpaired) electrons. The highest BCUT2D eigenvalue weighted by Gasteiger charge is 2.41. The summed E-state index contributed by atoms with van der Waals surface area (Å²) in [6, 6.07) is 6.94. The Labute approximate surface area is 130 Å². The minimum absolute atomic E-state index is 0.107. The second kappa shape index (κ2) is 4.83. The first kappa shape index (κ1) is 13.8. The van der Waals surface area contributed by atoms with Crippen molar-refractivity contribution in [1.82, 2.24) is 10.3 Å². The number of nitrogens with one attached hydrogen (secondary N) is 1. The van der Waals surface area contributed by atoms with Gasteiger partial charge in [0.05, 0.1) is 5.92 Å². The molecule has 0 spiro atoms. The molecule has 3 atom stereocenters. The molecule has 3 N–H and O–H groups in total. The van der Waals surface area contributed by atoms with E-state index >= 15 is 0 Å². The molecule has 1 unspecified atom stereocenters. The number of hydrogen-bond donors (Lipinski definition) is 2. The van der Waals surface area contributed by atoms with Crippen molar-refractivity contribution in [3.8, 4) is 0 Å². The van der Waals surface area contributed by atoms with Gasteiger partial charge in [-0.25, -0.2) is 5.84 Å². The first-order valence-electron chi connectivity index (χ1n) is 7.87. The van der Waals surface area contributed by atoms with E-state index in [1.807, 2.05) is 0 Å². The second-order valence-electron chi connectivity index (χ2n) is 6.74. The molecule has 2 aliphatic heterocycles. The lowest BCUT2D eigenvalue weighted by Gasteiger charge is -2.41. The molecule has 1 aliphatic carbocycles. The highest BCUT2D eigenvalue weighted by molar-refractivity contribution is 5.87. The number of amides is 1. The third-order valence-electron chi connectivity index (χ3n) is 5.45. The summed E-state index contributed by atoms with van der Waals surface area (Å²) in [6.45, 7) is 1.82. The summed E-state index contributed by atoms with van der Waals surface area (Å²) in [5.41, 5.74) is 7.73. The number of benzene rings is 1. The number of hydrogen-bond acceptors (Lipinski definition) is 4. The third kappa shape index (κ3) is 1.82. The van der Waals surface area contributed by atoms with Gasteiger partial charge in [0.2, 0.25) is 5.91 Å². The van der Waals surface area contributed by atoms with Crippen molar-refractivity contribution in [3.63, 3.8) is 0 Å². The molecule has 116 valence electrons. The molecule has 4 rings (SSSR count). The van der Waals surface area contributed by atoms with Gasteiger partial charge in [-0.05, 0) is 36.2 Å². The summed E-state index contributed by atoms with van der Waals surface area (Å²) in [5.74, 6) is 5.65. The van der Waals surface area contributed by atoms with Crippen LogP contribution in [0, 0.1) is 5.92 Å². The Kier molecular flexibility index (Phi) is 3.03. The lowest BCUT2D eigenvalue weighted by Crippen LogP contribution is -2.48. The van der Waals surface area contributed by atoms with Gasteiger partial charge in [0.15, 0.2) is 0 Å². The van der Waals surface area contributed by atoms with E-state index in [9.17, 15) is 4.79 Å². The zero-order valence-corrected chi connectivity index (χ0v) is 13.0. The van der Waals surface area contributed by atoms with Crippen molar-refractivity contribution in [2.24, 2.45) is 11.8 Å². The molecule has 1 aromatic carbocycles. The van der Waals surface area contributed by atoms with Crippen LogP contribution in [0.4, 0.5) is 5.69 Å². The lowest BCUT2D eigenvalue weighted by atomic mass is 9.74. The van der Waals surface area contributed by atoms with Gasteiger partial charge < -0.3 is 4.90 Å². The van der Waals surface area contributed by atoms with Gasteiger partial charge in [-0.3, -0.25) is 15.1 Å². The zero-order chi connectivity index (χ0) is 15.4. The number of likely N-dealkylation sites (N-methyl/N-ethyl adjacent to an activating group) is 2. The number of anilines is 1. The van der Waals surface area contributed by atoms with Crippen LogP contribution in [0.15, 0.2) is 24.3 Å². The van der Waals surface area contributed by atoms with Gasteiger partial charge in [0, 0.05) is 37.8 Å². The molecule has 0 bridgehead atoms. The SMILES string of the molecule is CN1CC2C[C@@H]3C(=C[C@@H](C(=O)NN)CN3C)c3cccc1c32. The van der Waals surface area contributed by atoms with Crippen LogP contribution in [0.5, 0.6) is 0 Å². The molecule has 2 heterocycles. The average molecular weight is 298 g/mol. The van der Waals surface area contributed by atoms with E-state index in [2.05, 4.69) is 53.6 Å². The predicted octanol–water partition coefficient (Wildman–Crippen LogP) is 0.927. The Hall–Kier alpha value is -1.85. The van der Waals surface area contributed by atoms with E-state index in [4.69, 9.17) is 5.84 Å². The van der Waals surface area contributed by atoms with Gasteiger partial charge in [-0.1, -0.05) is 18.2 Å². The van der Waals surface area contributed by atoms with Crippen molar-refractivity contribution in [2.45, 2.75) is 18.4 Å². The molecule has 1 amide bonds. The highest BCUT2D eigenvalue weighted by Crippen LogP contribution is 2.49. The quantitative estimate of drug-likeness (QED) is 0.460. The fraction of sp³-hybridized carbons (Fsp3) is 0.471. The van der Waals surface area contributed by atoms with Crippen molar-refractivity contribution < 1.29 is 4.79 Å². The largest absolute Gasteiger partial charge is 0.374 e. The normalized spacial score (nSPS) is 29.7. The van der Waals surface area contributed by atoms with E-state index in [1.165, 1.54) is 22.4 Å². The molecule has 1 aromatic rings. The Balaban J connectivity index is 1.85. The van der Waals surface area contributed by atoms with Gasteiger partial charge in [0.1, 0.15) is 0 Å². The monoisotopic (exact) mass is 298 g/mol. The number of carbonyl (C=O) groups excluding carboxylic acids is 1. The molecule has 0 aromatic heterocycles. The summed E-state index contributed by atoms with van der Waals surface area (Å²) < 4.78 is 0. The Morgan fingerprint density at radius 3 is 2.91 bits per heavy atom. The summed E-state index contributed by atoms with van der Waals surface area (Å²) in [6.07, 6.45) is 3.27. The van der Waals surface area contributed by atoms with E-state index in [1.54, 1.807) is 0 Å². The van der Waals surface area contributed by atoms with Crippen molar-refractivity contribution in [2.75, 3.05) is 32.1 Å². The number of nitrogens with zero attached hydrogens (tertiary/aromatic N) is 2. The molecule has 5 nitrogen and oxygen atoms in total. The van der Waals surface area contributed by atoms with Gasteiger partial charge in [0.25, 0.3) is 0 Å². The van der Waals surface area contributed by atoms with Crippen LogP contribution < -0.4 is 16.2 Å². The third-order valence-corrected chi connectivity index (χ3v) is 5.45. The van der Waals surface area contributed by atoms with Crippen LogP contribution in [0.25, 0.3) is 5.57 Å².